The Bertz CT molecular complexity index is 478. The molecule has 0 aliphatic rings. The second-order valence-corrected chi connectivity index (χ2v) is 3.32. The molecule has 66 valence electrons. The Morgan fingerprint density at radius 1 is 1.54 bits per heavy atom. The van der Waals surface area contributed by atoms with Crippen molar-refractivity contribution in [1.82, 2.24) is 9.38 Å². The van der Waals surface area contributed by atoms with Gasteiger partial charge in [0.1, 0.15) is 5.65 Å². The van der Waals surface area contributed by atoms with Crippen molar-refractivity contribution in [2.45, 2.75) is 0 Å². The first-order valence-electron chi connectivity index (χ1n) is 3.55. The molecular formula is C8H5BrN2O2. The van der Waals surface area contributed by atoms with Crippen LogP contribution in [0.5, 0.6) is 0 Å². The Morgan fingerprint density at radius 3 is 2.92 bits per heavy atom. The average Bonchev–Trinajstić information content (AvgIpc) is 2.49. The normalized spacial score (nSPS) is 10.5. The zero-order chi connectivity index (χ0) is 9.42. The maximum absolute atomic E-state index is 10.6. The summed E-state index contributed by atoms with van der Waals surface area (Å²) in [6, 6.07) is 5.37. The highest BCUT2D eigenvalue weighted by Gasteiger charge is 2.08. The predicted octanol–water partition coefficient (Wildman–Crippen LogP) is 1.79. The van der Waals surface area contributed by atoms with Gasteiger partial charge in [0.25, 0.3) is 0 Å². The van der Waals surface area contributed by atoms with E-state index in [0.717, 1.165) is 4.60 Å². The summed E-state index contributed by atoms with van der Waals surface area (Å²) in [5.41, 5.74) is 0.665. The summed E-state index contributed by atoms with van der Waals surface area (Å²) in [4.78, 5) is 14.5. The quantitative estimate of drug-likeness (QED) is 0.774. The van der Waals surface area contributed by atoms with Crippen LogP contribution in [0.1, 0.15) is 10.5 Å². The molecule has 0 spiro atoms. The van der Waals surface area contributed by atoms with E-state index in [1.807, 2.05) is 6.07 Å². The summed E-state index contributed by atoms with van der Waals surface area (Å²) in [5, 5.41) is 8.69. The smallest absolute Gasteiger partial charge is 0.356 e. The summed E-state index contributed by atoms with van der Waals surface area (Å²) in [5.74, 6) is -1.02. The number of aromatic nitrogens is 2. The van der Waals surface area contributed by atoms with Gasteiger partial charge in [-0.1, -0.05) is 6.07 Å². The van der Waals surface area contributed by atoms with E-state index < -0.39 is 5.97 Å². The number of pyridine rings is 1. The van der Waals surface area contributed by atoms with E-state index in [2.05, 4.69) is 20.9 Å². The topological polar surface area (TPSA) is 54.6 Å². The molecule has 0 amide bonds. The minimum absolute atomic E-state index is 0.0481. The number of carbonyl (C=O) groups is 1. The molecule has 1 N–H and O–H groups in total. The van der Waals surface area contributed by atoms with Crippen molar-refractivity contribution in [2.75, 3.05) is 0 Å². The minimum atomic E-state index is -1.02. The lowest BCUT2D eigenvalue weighted by Gasteiger charge is -1.93. The van der Waals surface area contributed by atoms with Crippen molar-refractivity contribution < 1.29 is 9.90 Å². The molecule has 0 fully saturated rings. The van der Waals surface area contributed by atoms with Crippen LogP contribution in [0.4, 0.5) is 0 Å². The summed E-state index contributed by atoms with van der Waals surface area (Å²) in [6.07, 6.45) is 1.47. The first kappa shape index (κ1) is 8.25. The third-order valence-electron chi connectivity index (χ3n) is 1.66. The third-order valence-corrected chi connectivity index (χ3v) is 2.31. The number of hydrogen-bond acceptors (Lipinski definition) is 2. The van der Waals surface area contributed by atoms with Gasteiger partial charge in [-0.25, -0.2) is 9.78 Å². The van der Waals surface area contributed by atoms with Crippen molar-refractivity contribution in [3.05, 3.63) is 34.7 Å². The summed E-state index contributed by atoms with van der Waals surface area (Å²) >= 11 is 3.29. The molecule has 0 aromatic carbocycles. The molecule has 0 saturated heterocycles. The van der Waals surface area contributed by atoms with Gasteiger partial charge in [-0.15, -0.1) is 0 Å². The molecular weight excluding hydrogens is 236 g/mol. The van der Waals surface area contributed by atoms with E-state index in [1.165, 1.54) is 6.20 Å². The van der Waals surface area contributed by atoms with Crippen LogP contribution in [0.25, 0.3) is 5.65 Å². The summed E-state index contributed by atoms with van der Waals surface area (Å²) in [7, 11) is 0. The number of aromatic carboxylic acids is 1. The molecule has 2 rings (SSSR count). The van der Waals surface area contributed by atoms with Crippen LogP contribution in [0, 0.1) is 0 Å². The Labute approximate surface area is 82.0 Å². The van der Waals surface area contributed by atoms with E-state index in [9.17, 15) is 4.79 Å². The van der Waals surface area contributed by atoms with Crippen LogP contribution in [0.3, 0.4) is 0 Å². The maximum atomic E-state index is 10.6. The molecule has 2 aromatic rings. The van der Waals surface area contributed by atoms with Gasteiger partial charge >= 0.3 is 5.97 Å². The fraction of sp³-hybridized carbons (Fsp3) is 0. The summed E-state index contributed by atoms with van der Waals surface area (Å²) in [6.45, 7) is 0. The Morgan fingerprint density at radius 2 is 2.31 bits per heavy atom. The van der Waals surface area contributed by atoms with Crippen LogP contribution in [0.2, 0.25) is 0 Å². The van der Waals surface area contributed by atoms with Gasteiger partial charge in [-0.3, -0.25) is 4.40 Å². The zero-order valence-electron chi connectivity index (χ0n) is 6.44. The van der Waals surface area contributed by atoms with Crippen molar-refractivity contribution in [3.63, 3.8) is 0 Å². The first-order valence-corrected chi connectivity index (χ1v) is 4.35. The van der Waals surface area contributed by atoms with Crippen LogP contribution >= 0.6 is 15.9 Å². The van der Waals surface area contributed by atoms with Crippen LogP contribution in [-0.4, -0.2) is 20.5 Å². The number of carboxylic acids is 1. The molecule has 0 atom stereocenters. The zero-order valence-corrected chi connectivity index (χ0v) is 8.02. The van der Waals surface area contributed by atoms with Crippen LogP contribution in [-0.2, 0) is 0 Å². The molecule has 0 radical (unpaired) electrons. The van der Waals surface area contributed by atoms with Crippen LogP contribution < -0.4 is 0 Å². The van der Waals surface area contributed by atoms with Crippen molar-refractivity contribution in [2.24, 2.45) is 0 Å². The molecule has 0 unspecified atom stereocenters. The lowest BCUT2D eigenvalue weighted by molar-refractivity contribution is 0.0691. The molecule has 5 heteroatoms. The number of nitrogens with zero attached hydrogens (tertiary/aromatic N) is 2. The standard InChI is InChI=1S/C8H5BrN2O2/c9-6-2-1-3-7-10-5(8(12)13)4-11(6)7/h1-4H,(H,12,13). The highest BCUT2D eigenvalue weighted by Crippen LogP contribution is 2.13. The highest BCUT2D eigenvalue weighted by atomic mass is 79.9. The van der Waals surface area contributed by atoms with E-state index in [1.54, 1.807) is 16.5 Å². The van der Waals surface area contributed by atoms with Gasteiger partial charge in [-0.05, 0) is 28.1 Å². The number of rotatable bonds is 1. The monoisotopic (exact) mass is 240 g/mol. The number of carboxylic acid groups (broad SMARTS) is 1. The van der Waals surface area contributed by atoms with Crippen molar-refractivity contribution in [1.29, 1.82) is 0 Å². The predicted molar refractivity (Wildman–Crippen MR) is 49.9 cm³/mol. The molecule has 13 heavy (non-hydrogen) atoms. The maximum Gasteiger partial charge on any atom is 0.356 e. The molecule has 0 aliphatic carbocycles. The largest absolute Gasteiger partial charge is 0.476 e. The molecule has 0 saturated carbocycles. The lowest BCUT2D eigenvalue weighted by atomic mass is 10.5. The van der Waals surface area contributed by atoms with Gasteiger partial charge < -0.3 is 5.11 Å². The number of halogens is 1. The van der Waals surface area contributed by atoms with E-state index in [4.69, 9.17) is 5.11 Å². The molecule has 0 aliphatic heterocycles. The second-order valence-electron chi connectivity index (χ2n) is 2.51. The van der Waals surface area contributed by atoms with Gasteiger partial charge in [-0.2, -0.15) is 0 Å². The third kappa shape index (κ3) is 1.31. The fourth-order valence-electron chi connectivity index (χ4n) is 1.08. The Kier molecular flexibility index (Phi) is 1.81. The highest BCUT2D eigenvalue weighted by molar-refractivity contribution is 9.10. The summed E-state index contributed by atoms with van der Waals surface area (Å²) < 4.78 is 2.45. The van der Waals surface area contributed by atoms with Crippen LogP contribution in [0.15, 0.2) is 29.0 Å². The molecule has 2 heterocycles. The number of fused-ring (bicyclic) bond motifs is 1. The lowest BCUT2D eigenvalue weighted by Crippen LogP contribution is -1.94. The van der Waals surface area contributed by atoms with E-state index >= 15 is 0 Å². The fourth-order valence-corrected chi connectivity index (χ4v) is 1.52. The first-order chi connectivity index (χ1) is 6.18. The number of imidazole rings is 1. The molecule has 4 nitrogen and oxygen atoms in total. The Balaban J connectivity index is 2.75. The van der Waals surface area contributed by atoms with Crippen molar-refractivity contribution >= 4 is 27.5 Å². The Hall–Kier alpha value is -1.36. The van der Waals surface area contributed by atoms with Gasteiger partial charge in [0.15, 0.2) is 5.69 Å². The van der Waals surface area contributed by atoms with E-state index in [-0.39, 0.29) is 5.69 Å². The average molecular weight is 241 g/mol. The molecule has 2 aromatic heterocycles. The molecule has 0 bridgehead atoms. The van der Waals surface area contributed by atoms with Gasteiger partial charge in [0.2, 0.25) is 0 Å². The minimum Gasteiger partial charge on any atom is -0.476 e. The van der Waals surface area contributed by atoms with Gasteiger partial charge in [0.05, 0.1) is 4.60 Å². The van der Waals surface area contributed by atoms with Crippen molar-refractivity contribution in [3.8, 4) is 0 Å². The SMILES string of the molecule is O=C(O)c1cn2c(Br)cccc2n1. The number of hydrogen-bond donors (Lipinski definition) is 1. The van der Waals surface area contributed by atoms with Gasteiger partial charge in [0, 0.05) is 6.20 Å². The van der Waals surface area contributed by atoms with E-state index in [0.29, 0.717) is 5.65 Å². The second kappa shape index (κ2) is 2.85.